The van der Waals surface area contributed by atoms with Gasteiger partial charge in [0.15, 0.2) is 0 Å². The number of nitrogens with zero attached hydrogens (tertiary/aromatic N) is 2. The lowest BCUT2D eigenvalue weighted by molar-refractivity contribution is 0.0899. The Kier molecular flexibility index (Phi) is 4.48. The maximum absolute atomic E-state index is 5.78. The van der Waals surface area contributed by atoms with Crippen LogP contribution in [0.5, 0.6) is 0 Å². The zero-order valence-corrected chi connectivity index (χ0v) is 14.6. The minimum atomic E-state index is -1.01. The minimum absolute atomic E-state index is 0.585. The third kappa shape index (κ3) is 3.67. The number of pyridine rings is 1. The number of halogens is 1. The highest BCUT2D eigenvalue weighted by Crippen LogP contribution is 2.24. The molecule has 0 fully saturated rings. The van der Waals surface area contributed by atoms with Crippen LogP contribution in [0.3, 0.4) is 0 Å². The van der Waals surface area contributed by atoms with Crippen molar-refractivity contribution in [3.63, 3.8) is 0 Å². The van der Waals surface area contributed by atoms with Gasteiger partial charge in [0, 0.05) is 36.9 Å². The highest BCUT2D eigenvalue weighted by Gasteiger charge is 2.12. The van der Waals surface area contributed by atoms with Gasteiger partial charge in [-0.25, -0.2) is 4.98 Å². The molecule has 0 saturated heterocycles. The molecule has 0 N–H and O–H groups in total. The summed E-state index contributed by atoms with van der Waals surface area (Å²) in [6, 6.07) is 3.30. The number of fused-ring (bicyclic) bond motifs is 1. The molecule has 0 spiro atoms. The minimum Gasteiger partial charge on any atom is -0.361 e. The topological polar surface area (TPSA) is 27.1 Å². The molecular weight excluding hydrogens is 320 g/mol. The second kappa shape index (κ2) is 5.77. The lowest BCUT2D eigenvalue weighted by atomic mass is 10.2. The summed E-state index contributed by atoms with van der Waals surface area (Å²) in [7, 11) is -1.01. The number of ether oxygens (including phenoxy) is 1. The van der Waals surface area contributed by atoms with Crippen molar-refractivity contribution in [1.82, 2.24) is 9.55 Å². The molecule has 2 rings (SSSR count). The maximum atomic E-state index is 5.78. The van der Waals surface area contributed by atoms with Crippen molar-refractivity contribution in [1.29, 1.82) is 0 Å². The average molecular weight is 341 g/mol. The zero-order chi connectivity index (χ0) is 14.0. The highest BCUT2D eigenvalue weighted by atomic mass is 79.9. The van der Waals surface area contributed by atoms with E-state index in [1.807, 2.05) is 12.4 Å². The van der Waals surface area contributed by atoms with E-state index in [0.29, 0.717) is 6.73 Å². The van der Waals surface area contributed by atoms with Crippen LogP contribution in [0.25, 0.3) is 11.0 Å². The van der Waals surface area contributed by atoms with Crippen LogP contribution in [-0.2, 0) is 11.5 Å². The number of rotatable bonds is 5. The molecule has 0 aliphatic heterocycles. The van der Waals surface area contributed by atoms with Gasteiger partial charge < -0.3 is 9.30 Å². The summed E-state index contributed by atoms with van der Waals surface area (Å²) in [5, 5.41) is 1.18. The second-order valence-electron chi connectivity index (χ2n) is 6.10. The van der Waals surface area contributed by atoms with Crippen LogP contribution in [0.1, 0.15) is 5.56 Å². The molecule has 0 saturated carbocycles. The van der Waals surface area contributed by atoms with Crippen LogP contribution in [0, 0.1) is 6.92 Å². The van der Waals surface area contributed by atoms with Gasteiger partial charge >= 0.3 is 0 Å². The fraction of sp³-hybridized carbons (Fsp3) is 0.500. The first-order valence-corrected chi connectivity index (χ1v) is 11.1. The zero-order valence-electron chi connectivity index (χ0n) is 12.0. The van der Waals surface area contributed by atoms with Crippen molar-refractivity contribution in [2.75, 3.05) is 6.61 Å². The van der Waals surface area contributed by atoms with Gasteiger partial charge in [0.2, 0.25) is 0 Å². The van der Waals surface area contributed by atoms with Crippen molar-refractivity contribution >= 4 is 35.0 Å². The summed E-state index contributed by atoms with van der Waals surface area (Å²) < 4.78 is 8.90. The Hall–Kier alpha value is -0.653. The standard InChI is InChI=1S/C14H21BrN2OSi/c1-11-12-5-6-17(14(12)16-9-13(11)15)10-18-7-8-19(2,3)4/h5-6,9H,7-8,10H2,1-4H3. The van der Waals surface area contributed by atoms with E-state index in [-0.39, 0.29) is 0 Å². The molecule has 5 heteroatoms. The molecule has 0 radical (unpaired) electrons. The Morgan fingerprint density at radius 2 is 2.11 bits per heavy atom. The van der Waals surface area contributed by atoms with E-state index < -0.39 is 8.07 Å². The van der Waals surface area contributed by atoms with Gasteiger partial charge in [0.1, 0.15) is 12.4 Å². The Morgan fingerprint density at radius 1 is 1.37 bits per heavy atom. The molecule has 0 unspecified atom stereocenters. The van der Waals surface area contributed by atoms with Crippen molar-refractivity contribution in [3.05, 3.63) is 28.5 Å². The van der Waals surface area contributed by atoms with Gasteiger partial charge in [-0.3, -0.25) is 0 Å². The van der Waals surface area contributed by atoms with Crippen LogP contribution < -0.4 is 0 Å². The molecule has 2 aromatic rings. The van der Waals surface area contributed by atoms with E-state index in [9.17, 15) is 0 Å². The summed E-state index contributed by atoms with van der Waals surface area (Å²) in [6.45, 7) is 10.6. The van der Waals surface area contributed by atoms with Crippen molar-refractivity contribution in [2.24, 2.45) is 0 Å². The first kappa shape index (κ1) is 14.7. The lowest BCUT2D eigenvalue weighted by Crippen LogP contribution is -2.22. The molecule has 2 aromatic heterocycles. The van der Waals surface area contributed by atoms with E-state index in [1.54, 1.807) is 0 Å². The second-order valence-corrected chi connectivity index (χ2v) is 12.6. The molecule has 0 aliphatic carbocycles. The van der Waals surface area contributed by atoms with E-state index in [4.69, 9.17) is 4.74 Å². The van der Waals surface area contributed by atoms with Crippen LogP contribution in [0.4, 0.5) is 0 Å². The molecule has 3 nitrogen and oxygen atoms in total. The highest BCUT2D eigenvalue weighted by molar-refractivity contribution is 9.10. The number of hydrogen-bond acceptors (Lipinski definition) is 2. The van der Waals surface area contributed by atoms with Gasteiger partial charge in [-0.05, 0) is 40.5 Å². The van der Waals surface area contributed by atoms with E-state index in [1.165, 1.54) is 17.0 Å². The maximum Gasteiger partial charge on any atom is 0.142 e. The van der Waals surface area contributed by atoms with Crippen LogP contribution in [-0.4, -0.2) is 24.2 Å². The fourth-order valence-electron chi connectivity index (χ4n) is 1.89. The van der Waals surface area contributed by atoms with Gasteiger partial charge in [0.25, 0.3) is 0 Å². The Labute approximate surface area is 124 Å². The molecule has 104 valence electrons. The normalized spacial score (nSPS) is 12.3. The predicted molar refractivity (Wildman–Crippen MR) is 86.3 cm³/mol. The fourth-order valence-corrected chi connectivity index (χ4v) is 2.96. The van der Waals surface area contributed by atoms with Crippen molar-refractivity contribution in [2.45, 2.75) is 39.3 Å². The van der Waals surface area contributed by atoms with Gasteiger partial charge in [-0.1, -0.05) is 19.6 Å². The number of aryl methyl sites for hydroxylation is 1. The quantitative estimate of drug-likeness (QED) is 0.595. The third-order valence-electron chi connectivity index (χ3n) is 3.22. The molecular formula is C14H21BrN2OSi. The summed E-state index contributed by atoms with van der Waals surface area (Å²) in [5.74, 6) is 0. The molecule has 19 heavy (non-hydrogen) atoms. The van der Waals surface area contributed by atoms with E-state index >= 15 is 0 Å². The Bertz CT molecular complexity index is 575. The summed E-state index contributed by atoms with van der Waals surface area (Å²) in [4.78, 5) is 4.47. The lowest BCUT2D eigenvalue weighted by Gasteiger charge is -2.15. The van der Waals surface area contributed by atoms with Gasteiger partial charge in [0.05, 0.1) is 0 Å². The SMILES string of the molecule is Cc1c(Br)cnc2c1ccn2COCC[Si](C)(C)C. The van der Waals surface area contributed by atoms with Crippen LogP contribution in [0.15, 0.2) is 22.9 Å². The summed E-state index contributed by atoms with van der Waals surface area (Å²) in [5.41, 5.74) is 2.22. The Balaban J connectivity index is 2.04. The van der Waals surface area contributed by atoms with Crippen molar-refractivity contribution in [3.8, 4) is 0 Å². The van der Waals surface area contributed by atoms with Gasteiger partial charge in [-0.2, -0.15) is 0 Å². The molecule has 0 bridgehead atoms. The number of hydrogen-bond donors (Lipinski definition) is 0. The summed E-state index contributed by atoms with van der Waals surface area (Å²) >= 11 is 3.51. The van der Waals surface area contributed by atoms with E-state index in [0.717, 1.165) is 16.7 Å². The van der Waals surface area contributed by atoms with Crippen LogP contribution in [0.2, 0.25) is 25.7 Å². The smallest absolute Gasteiger partial charge is 0.142 e. The van der Waals surface area contributed by atoms with Crippen LogP contribution >= 0.6 is 15.9 Å². The van der Waals surface area contributed by atoms with Gasteiger partial charge in [-0.15, -0.1) is 0 Å². The molecule has 0 atom stereocenters. The largest absolute Gasteiger partial charge is 0.361 e. The number of aromatic nitrogens is 2. The molecule has 2 heterocycles. The van der Waals surface area contributed by atoms with E-state index in [2.05, 4.69) is 58.1 Å². The first-order chi connectivity index (χ1) is 8.88. The Morgan fingerprint density at radius 3 is 2.79 bits per heavy atom. The first-order valence-electron chi connectivity index (χ1n) is 6.56. The monoisotopic (exact) mass is 340 g/mol. The van der Waals surface area contributed by atoms with Crippen molar-refractivity contribution < 1.29 is 4.74 Å². The molecule has 0 amide bonds. The molecule has 0 aliphatic rings. The summed E-state index contributed by atoms with van der Waals surface area (Å²) in [6.07, 6.45) is 3.90. The predicted octanol–water partition coefficient (Wildman–Crippen LogP) is 4.42. The third-order valence-corrected chi connectivity index (χ3v) is 5.73. The molecule has 0 aromatic carbocycles. The average Bonchev–Trinajstić information content (AvgIpc) is 2.72.